The second-order valence-electron chi connectivity index (χ2n) is 7.57. The van der Waals surface area contributed by atoms with Gasteiger partial charge in [-0.3, -0.25) is 9.59 Å². The summed E-state index contributed by atoms with van der Waals surface area (Å²) in [5.41, 5.74) is 2.47. The minimum Gasteiger partial charge on any atom is -0.454 e. The number of nitrogens with zero attached hydrogens (tertiary/aromatic N) is 1. The molecule has 0 saturated heterocycles. The molecule has 6 nitrogen and oxygen atoms in total. The summed E-state index contributed by atoms with van der Waals surface area (Å²) in [4.78, 5) is 27.4. The van der Waals surface area contributed by atoms with Crippen molar-refractivity contribution in [3.8, 4) is 11.5 Å². The Kier molecular flexibility index (Phi) is 4.94. The average molecular weight is 380 g/mol. The number of amides is 2. The van der Waals surface area contributed by atoms with Gasteiger partial charge in [0.2, 0.25) is 12.7 Å². The monoisotopic (exact) mass is 380 g/mol. The molecule has 2 amide bonds. The molecule has 4 rings (SSSR count). The largest absolute Gasteiger partial charge is 0.454 e. The van der Waals surface area contributed by atoms with Crippen molar-refractivity contribution in [2.75, 3.05) is 19.9 Å². The minimum absolute atomic E-state index is 0.0692. The van der Waals surface area contributed by atoms with Crippen LogP contribution in [0.25, 0.3) is 0 Å². The van der Waals surface area contributed by atoms with Crippen molar-refractivity contribution in [3.63, 3.8) is 0 Å². The maximum absolute atomic E-state index is 13.0. The van der Waals surface area contributed by atoms with Gasteiger partial charge in [-0.15, -0.1) is 0 Å². The number of ether oxygens (including phenoxy) is 2. The van der Waals surface area contributed by atoms with Crippen molar-refractivity contribution >= 4 is 11.8 Å². The van der Waals surface area contributed by atoms with Crippen molar-refractivity contribution in [1.82, 2.24) is 10.2 Å². The zero-order chi connectivity index (χ0) is 19.7. The average Bonchev–Trinajstić information content (AvgIpc) is 3.24. The van der Waals surface area contributed by atoms with Gasteiger partial charge in [0.25, 0.3) is 5.91 Å². The Morgan fingerprint density at radius 1 is 1.18 bits per heavy atom. The van der Waals surface area contributed by atoms with Gasteiger partial charge in [0.1, 0.15) is 6.04 Å². The van der Waals surface area contributed by atoms with Crippen molar-refractivity contribution in [1.29, 1.82) is 0 Å². The third-order valence-corrected chi connectivity index (χ3v) is 5.02. The van der Waals surface area contributed by atoms with E-state index < -0.39 is 6.04 Å². The van der Waals surface area contributed by atoms with Crippen molar-refractivity contribution in [2.45, 2.75) is 26.3 Å². The van der Waals surface area contributed by atoms with Crippen molar-refractivity contribution < 1.29 is 19.1 Å². The summed E-state index contributed by atoms with van der Waals surface area (Å²) in [6.45, 7) is 5.38. The number of rotatable bonds is 6. The molecule has 0 bridgehead atoms. The van der Waals surface area contributed by atoms with Crippen LogP contribution >= 0.6 is 0 Å². The maximum Gasteiger partial charge on any atom is 0.255 e. The topological polar surface area (TPSA) is 67.9 Å². The van der Waals surface area contributed by atoms with E-state index in [9.17, 15) is 9.59 Å². The predicted octanol–water partition coefficient (Wildman–Crippen LogP) is 2.93. The van der Waals surface area contributed by atoms with Crippen molar-refractivity contribution in [3.05, 3.63) is 59.2 Å². The third-order valence-electron chi connectivity index (χ3n) is 5.02. The molecule has 0 radical (unpaired) electrons. The van der Waals surface area contributed by atoms with E-state index in [2.05, 4.69) is 5.32 Å². The van der Waals surface area contributed by atoms with Gasteiger partial charge >= 0.3 is 0 Å². The second kappa shape index (κ2) is 7.54. The predicted molar refractivity (Wildman–Crippen MR) is 104 cm³/mol. The highest BCUT2D eigenvalue weighted by Crippen LogP contribution is 2.34. The lowest BCUT2D eigenvalue weighted by Crippen LogP contribution is -2.41. The van der Waals surface area contributed by atoms with Crippen LogP contribution in [0.5, 0.6) is 11.5 Å². The summed E-state index contributed by atoms with van der Waals surface area (Å²) in [6, 6.07) is 12.6. The van der Waals surface area contributed by atoms with E-state index in [1.165, 1.54) is 0 Å². The highest BCUT2D eigenvalue weighted by molar-refractivity contribution is 6.04. The van der Waals surface area contributed by atoms with Crippen LogP contribution in [0.2, 0.25) is 0 Å². The van der Waals surface area contributed by atoms with E-state index in [0.717, 1.165) is 22.6 Å². The van der Waals surface area contributed by atoms with Gasteiger partial charge in [-0.25, -0.2) is 0 Å². The fourth-order valence-electron chi connectivity index (χ4n) is 3.76. The molecule has 6 heteroatoms. The molecule has 2 aromatic carbocycles. The number of carbonyl (C=O) groups excluding carboxylic acids is 2. The third kappa shape index (κ3) is 3.42. The zero-order valence-electron chi connectivity index (χ0n) is 16.1. The van der Waals surface area contributed by atoms with Crippen LogP contribution in [-0.2, 0) is 11.2 Å². The molecule has 2 aliphatic rings. The summed E-state index contributed by atoms with van der Waals surface area (Å²) >= 11 is 0. The Balaban J connectivity index is 1.44. The van der Waals surface area contributed by atoms with Crippen LogP contribution in [0.3, 0.4) is 0 Å². The molecule has 1 unspecified atom stereocenters. The molecule has 2 heterocycles. The molecule has 0 aliphatic carbocycles. The lowest BCUT2D eigenvalue weighted by molar-refractivity contribution is -0.125. The van der Waals surface area contributed by atoms with E-state index in [1.54, 1.807) is 11.0 Å². The molecule has 0 fully saturated rings. The van der Waals surface area contributed by atoms with E-state index in [0.29, 0.717) is 25.1 Å². The molecule has 0 saturated carbocycles. The van der Waals surface area contributed by atoms with Gasteiger partial charge in [0, 0.05) is 18.7 Å². The van der Waals surface area contributed by atoms with E-state index in [-0.39, 0.29) is 24.5 Å². The Bertz CT molecular complexity index is 909. The normalized spacial score (nSPS) is 17.2. The molecular weight excluding hydrogens is 356 g/mol. The summed E-state index contributed by atoms with van der Waals surface area (Å²) in [5, 5.41) is 3.00. The van der Waals surface area contributed by atoms with E-state index >= 15 is 0 Å². The lowest BCUT2D eigenvalue weighted by Gasteiger charge is -2.26. The number of hydrogen-bond acceptors (Lipinski definition) is 4. The summed E-state index contributed by atoms with van der Waals surface area (Å²) < 4.78 is 10.7. The van der Waals surface area contributed by atoms with Crippen LogP contribution < -0.4 is 14.8 Å². The Hall–Kier alpha value is -3.02. The highest BCUT2D eigenvalue weighted by Gasteiger charge is 2.40. The van der Waals surface area contributed by atoms with Gasteiger partial charge in [0.15, 0.2) is 11.5 Å². The van der Waals surface area contributed by atoms with Crippen LogP contribution in [0.4, 0.5) is 0 Å². The van der Waals surface area contributed by atoms with Gasteiger partial charge in [-0.1, -0.05) is 38.1 Å². The minimum atomic E-state index is -0.567. The van der Waals surface area contributed by atoms with Gasteiger partial charge < -0.3 is 19.7 Å². The van der Waals surface area contributed by atoms with E-state index in [4.69, 9.17) is 9.47 Å². The van der Waals surface area contributed by atoms with Crippen molar-refractivity contribution in [2.24, 2.45) is 5.92 Å². The molecule has 2 aliphatic heterocycles. The van der Waals surface area contributed by atoms with Gasteiger partial charge in [-0.2, -0.15) is 0 Å². The summed E-state index contributed by atoms with van der Waals surface area (Å²) in [6.07, 6.45) is 0.675. The zero-order valence-corrected chi connectivity index (χ0v) is 16.1. The van der Waals surface area contributed by atoms with Crippen LogP contribution in [-0.4, -0.2) is 36.6 Å². The first-order valence-corrected chi connectivity index (χ1v) is 9.60. The first kappa shape index (κ1) is 18.3. The fraction of sp³-hybridized carbons (Fsp3) is 0.364. The molecule has 0 spiro atoms. The highest BCUT2D eigenvalue weighted by atomic mass is 16.7. The number of hydrogen-bond donors (Lipinski definition) is 1. The number of nitrogens with one attached hydrogen (secondary N) is 1. The first-order chi connectivity index (χ1) is 13.5. The Morgan fingerprint density at radius 3 is 2.79 bits per heavy atom. The number of benzene rings is 2. The maximum atomic E-state index is 13.0. The molecular formula is C22H24N2O4. The van der Waals surface area contributed by atoms with Crippen LogP contribution in [0.15, 0.2) is 42.5 Å². The SMILES string of the molecule is CC(C)CN1C(=O)c2ccccc2C1C(=O)NCCc1ccc2c(c1)OCO2. The van der Waals surface area contributed by atoms with Gasteiger partial charge in [-0.05, 0) is 41.7 Å². The number of carbonyl (C=O) groups is 2. The fourth-order valence-corrected chi connectivity index (χ4v) is 3.76. The molecule has 1 atom stereocenters. The molecule has 28 heavy (non-hydrogen) atoms. The van der Waals surface area contributed by atoms with E-state index in [1.807, 2.05) is 50.2 Å². The Morgan fingerprint density at radius 2 is 1.96 bits per heavy atom. The first-order valence-electron chi connectivity index (χ1n) is 9.60. The van der Waals surface area contributed by atoms with Crippen LogP contribution in [0, 0.1) is 5.92 Å². The standard InChI is InChI=1S/C22H24N2O4/c1-14(2)12-24-20(16-5-3-4-6-17(16)22(24)26)21(25)23-10-9-15-7-8-18-19(11-15)28-13-27-18/h3-8,11,14,20H,9-10,12-13H2,1-2H3,(H,23,25). The van der Waals surface area contributed by atoms with Gasteiger partial charge in [0.05, 0.1) is 0 Å². The summed E-state index contributed by atoms with van der Waals surface area (Å²) in [5.74, 6) is 1.56. The second-order valence-corrected chi connectivity index (χ2v) is 7.57. The summed E-state index contributed by atoms with van der Waals surface area (Å²) in [7, 11) is 0. The molecule has 2 aromatic rings. The van der Waals surface area contributed by atoms with Crippen LogP contribution in [0.1, 0.15) is 41.4 Å². The quantitative estimate of drug-likeness (QED) is 0.837. The molecule has 1 N–H and O–H groups in total. The molecule has 146 valence electrons. The lowest BCUT2D eigenvalue weighted by atomic mass is 10.0. The Labute approximate surface area is 164 Å². The number of fused-ring (bicyclic) bond motifs is 2. The smallest absolute Gasteiger partial charge is 0.255 e. The molecule has 0 aromatic heterocycles.